The molecule has 0 atom stereocenters. The second-order valence-electron chi connectivity index (χ2n) is 4.12. The predicted molar refractivity (Wildman–Crippen MR) is 72.8 cm³/mol. The van der Waals surface area contributed by atoms with Gasteiger partial charge in [0.2, 0.25) is 0 Å². The van der Waals surface area contributed by atoms with Crippen molar-refractivity contribution in [2.45, 2.75) is 11.8 Å². The summed E-state index contributed by atoms with van der Waals surface area (Å²) in [5.41, 5.74) is -0.290. The maximum absolute atomic E-state index is 12.7. The third kappa shape index (κ3) is 3.14. The van der Waals surface area contributed by atoms with Crippen molar-refractivity contribution in [2.75, 3.05) is 4.72 Å². The number of aromatic nitrogens is 1. The molecule has 0 fully saturated rings. The highest BCUT2D eigenvalue weighted by molar-refractivity contribution is 7.92. The van der Waals surface area contributed by atoms with Gasteiger partial charge in [0.15, 0.2) is 0 Å². The van der Waals surface area contributed by atoms with E-state index in [0.717, 1.165) is 18.3 Å². The normalized spacial score (nSPS) is 11.1. The molecule has 7 nitrogen and oxygen atoms in total. The molecular formula is C12H10FN3O4S. The van der Waals surface area contributed by atoms with Crippen molar-refractivity contribution in [3.8, 4) is 0 Å². The van der Waals surface area contributed by atoms with Gasteiger partial charge in [-0.3, -0.25) is 14.8 Å². The maximum Gasteiger partial charge on any atom is 0.273 e. The van der Waals surface area contributed by atoms with Crippen LogP contribution in [0.5, 0.6) is 0 Å². The minimum absolute atomic E-state index is 0.0112. The molecule has 0 amide bonds. The number of anilines is 1. The summed E-state index contributed by atoms with van der Waals surface area (Å²) < 4.78 is 39.3. The van der Waals surface area contributed by atoms with Gasteiger partial charge in [-0.25, -0.2) is 17.8 Å². The Morgan fingerprint density at radius 3 is 2.57 bits per heavy atom. The van der Waals surface area contributed by atoms with Gasteiger partial charge in [0.25, 0.3) is 15.7 Å². The Kier molecular flexibility index (Phi) is 3.85. The molecule has 9 heteroatoms. The summed E-state index contributed by atoms with van der Waals surface area (Å²) in [6, 6.07) is 5.93. The zero-order valence-electron chi connectivity index (χ0n) is 10.8. The minimum Gasteiger partial charge on any atom is -0.263 e. The zero-order valence-corrected chi connectivity index (χ0v) is 11.6. The minimum atomic E-state index is -4.05. The van der Waals surface area contributed by atoms with Crippen molar-refractivity contribution in [1.29, 1.82) is 0 Å². The Morgan fingerprint density at radius 2 is 2.00 bits per heavy atom. The summed E-state index contributed by atoms with van der Waals surface area (Å²) >= 11 is 0. The van der Waals surface area contributed by atoms with Crippen molar-refractivity contribution < 1.29 is 17.7 Å². The van der Waals surface area contributed by atoms with E-state index >= 15 is 0 Å². The number of benzene rings is 1. The van der Waals surface area contributed by atoms with Crippen LogP contribution in [0.2, 0.25) is 0 Å². The zero-order chi connectivity index (χ0) is 15.6. The van der Waals surface area contributed by atoms with Crippen molar-refractivity contribution >= 4 is 21.5 Å². The number of nitro benzene ring substituents is 1. The fourth-order valence-electron chi connectivity index (χ4n) is 1.72. The van der Waals surface area contributed by atoms with Crippen molar-refractivity contribution in [2.24, 2.45) is 0 Å². The number of rotatable bonds is 4. The highest BCUT2D eigenvalue weighted by Gasteiger charge is 2.23. The van der Waals surface area contributed by atoms with Crippen LogP contribution < -0.4 is 4.72 Å². The molecule has 1 heterocycles. The Bertz CT molecular complexity index is 791. The first-order valence-electron chi connectivity index (χ1n) is 5.69. The molecule has 1 aromatic carbocycles. The van der Waals surface area contributed by atoms with Crippen LogP contribution in [0.15, 0.2) is 41.4 Å². The van der Waals surface area contributed by atoms with Crippen LogP contribution in [0.1, 0.15) is 5.56 Å². The molecule has 0 saturated carbocycles. The van der Waals surface area contributed by atoms with Crippen LogP contribution in [0.25, 0.3) is 0 Å². The molecule has 0 unspecified atom stereocenters. The first-order chi connectivity index (χ1) is 9.81. The highest BCUT2D eigenvalue weighted by atomic mass is 32.2. The summed E-state index contributed by atoms with van der Waals surface area (Å²) in [6.07, 6.45) is 0.859. The molecule has 2 aromatic rings. The van der Waals surface area contributed by atoms with E-state index in [-0.39, 0.29) is 22.0 Å². The first kappa shape index (κ1) is 14.9. The van der Waals surface area contributed by atoms with Gasteiger partial charge in [0, 0.05) is 11.6 Å². The van der Waals surface area contributed by atoms with Gasteiger partial charge >= 0.3 is 0 Å². The Morgan fingerprint density at radius 1 is 1.29 bits per heavy atom. The van der Waals surface area contributed by atoms with E-state index in [1.165, 1.54) is 25.1 Å². The predicted octanol–water partition coefficient (Wildman–Crippen LogP) is 2.24. The van der Waals surface area contributed by atoms with Crippen LogP contribution in [-0.2, 0) is 10.0 Å². The maximum atomic E-state index is 12.7. The second-order valence-corrected chi connectivity index (χ2v) is 5.78. The quantitative estimate of drug-likeness (QED) is 0.689. The summed E-state index contributed by atoms with van der Waals surface area (Å²) in [5, 5.41) is 10.8. The number of nitrogens with one attached hydrogen (secondary N) is 1. The molecule has 0 saturated heterocycles. The Labute approximate surface area is 119 Å². The lowest BCUT2D eigenvalue weighted by Gasteiger charge is -2.09. The first-order valence-corrected chi connectivity index (χ1v) is 7.18. The Balaban J connectivity index is 2.42. The van der Waals surface area contributed by atoms with E-state index in [0.29, 0.717) is 0 Å². The number of halogens is 1. The SMILES string of the molecule is Cc1c([N+](=O)[O-])cccc1S(=O)(=O)Nc1ccc(F)cn1. The van der Waals surface area contributed by atoms with E-state index in [1.807, 2.05) is 0 Å². The van der Waals surface area contributed by atoms with E-state index < -0.39 is 20.8 Å². The van der Waals surface area contributed by atoms with Gasteiger partial charge in [-0.1, -0.05) is 6.07 Å². The Hall–Kier alpha value is -2.55. The van der Waals surface area contributed by atoms with E-state index in [1.54, 1.807) is 0 Å². The van der Waals surface area contributed by atoms with Gasteiger partial charge in [-0.05, 0) is 25.1 Å². The summed E-state index contributed by atoms with van der Waals surface area (Å²) in [5.74, 6) is -0.688. The molecule has 0 aliphatic heterocycles. The van der Waals surface area contributed by atoms with Crippen molar-refractivity contribution in [1.82, 2.24) is 4.98 Å². The number of nitrogens with zero attached hydrogens (tertiary/aromatic N) is 2. The largest absolute Gasteiger partial charge is 0.273 e. The van der Waals surface area contributed by atoms with Crippen molar-refractivity contribution in [3.05, 3.63) is 58.0 Å². The fraction of sp³-hybridized carbons (Fsp3) is 0.0833. The van der Waals surface area contributed by atoms with Gasteiger partial charge < -0.3 is 0 Å². The van der Waals surface area contributed by atoms with Crippen LogP contribution in [0.4, 0.5) is 15.9 Å². The van der Waals surface area contributed by atoms with Crippen LogP contribution in [0.3, 0.4) is 0 Å². The van der Waals surface area contributed by atoms with Crippen LogP contribution in [-0.4, -0.2) is 18.3 Å². The van der Waals surface area contributed by atoms with Gasteiger partial charge in [0.1, 0.15) is 11.6 Å². The summed E-state index contributed by atoms with van der Waals surface area (Å²) in [7, 11) is -4.05. The van der Waals surface area contributed by atoms with E-state index in [2.05, 4.69) is 9.71 Å². The third-order valence-electron chi connectivity index (χ3n) is 2.71. The number of pyridine rings is 1. The van der Waals surface area contributed by atoms with Crippen LogP contribution >= 0.6 is 0 Å². The number of nitro groups is 1. The molecule has 0 aliphatic rings. The van der Waals surface area contributed by atoms with Gasteiger partial charge in [-0.15, -0.1) is 0 Å². The molecule has 2 rings (SSSR count). The topological polar surface area (TPSA) is 102 Å². The lowest BCUT2D eigenvalue weighted by Crippen LogP contribution is -2.15. The number of hydrogen-bond donors (Lipinski definition) is 1. The monoisotopic (exact) mass is 311 g/mol. The van der Waals surface area contributed by atoms with E-state index in [9.17, 15) is 22.9 Å². The molecule has 21 heavy (non-hydrogen) atoms. The molecule has 1 aromatic heterocycles. The number of hydrogen-bond acceptors (Lipinski definition) is 5. The number of sulfonamides is 1. The average Bonchev–Trinajstić information content (AvgIpc) is 2.41. The summed E-state index contributed by atoms with van der Waals surface area (Å²) in [4.78, 5) is 13.5. The standard InChI is InChI=1S/C12H10FN3O4S/c1-8-10(16(17)18)3-2-4-11(8)21(19,20)15-12-6-5-9(13)7-14-12/h2-7H,1H3,(H,14,15). The average molecular weight is 311 g/mol. The van der Waals surface area contributed by atoms with Gasteiger partial charge in [0.05, 0.1) is 16.0 Å². The highest BCUT2D eigenvalue weighted by Crippen LogP contribution is 2.25. The third-order valence-corrected chi connectivity index (χ3v) is 4.21. The molecular weight excluding hydrogens is 301 g/mol. The second kappa shape index (κ2) is 5.44. The van der Waals surface area contributed by atoms with Crippen LogP contribution in [0, 0.1) is 22.9 Å². The van der Waals surface area contributed by atoms with Crippen molar-refractivity contribution in [3.63, 3.8) is 0 Å². The van der Waals surface area contributed by atoms with Gasteiger partial charge in [-0.2, -0.15) is 0 Å². The summed E-state index contributed by atoms with van der Waals surface area (Å²) in [6.45, 7) is 1.34. The van der Waals surface area contributed by atoms with E-state index in [4.69, 9.17) is 0 Å². The molecule has 0 aliphatic carbocycles. The molecule has 110 valence electrons. The smallest absolute Gasteiger partial charge is 0.263 e. The molecule has 1 N–H and O–H groups in total. The lowest BCUT2D eigenvalue weighted by atomic mass is 10.2. The molecule has 0 spiro atoms. The molecule has 0 radical (unpaired) electrons. The lowest BCUT2D eigenvalue weighted by molar-refractivity contribution is -0.385. The fourth-order valence-corrected chi connectivity index (χ4v) is 2.99. The molecule has 0 bridgehead atoms.